The lowest BCUT2D eigenvalue weighted by Gasteiger charge is -2.09. The first-order valence-corrected chi connectivity index (χ1v) is 8.40. The summed E-state index contributed by atoms with van der Waals surface area (Å²) in [5, 5.41) is 0. The molecule has 0 amide bonds. The van der Waals surface area contributed by atoms with Gasteiger partial charge in [-0.25, -0.2) is 4.79 Å². The highest BCUT2D eigenvalue weighted by Gasteiger charge is 2.10. The summed E-state index contributed by atoms with van der Waals surface area (Å²) < 4.78 is 16.6. The fourth-order valence-corrected chi connectivity index (χ4v) is 2.39. The monoisotopic (exact) mass is 348 g/mol. The summed E-state index contributed by atoms with van der Waals surface area (Å²) in [4.78, 5) is 12.3. The third-order valence-electron chi connectivity index (χ3n) is 3.63. The molecule has 0 unspecified atom stereocenters. The van der Waals surface area contributed by atoms with Gasteiger partial charge in [0.05, 0.1) is 5.56 Å². The van der Waals surface area contributed by atoms with Crippen LogP contribution in [0.2, 0.25) is 0 Å². The Morgan fingerprint density at radius 2 is 1.38 bits per heavy atom. The normalized spacial score (nSPS) is 10.2. The lowest BCUT2D eigenvalue weighted by molar-refractivity contribution is 0.0734. The van der Waals surface area contributed by atoms with Crippen LogP contribution in [-0.2, 0) is 0 Å². The second-order valence-electron chi connectivity index (χ2n) is 5.74. The zero-order valence-electron chi connectivity index (χ0n) is 14.6. The van der Waals surface area contributed by atoms with E-state index in [0.29, 0.717) is 30.3 Å². The number of esters is 1. The Morgan fingerprint density at radius 1 is 0.731 bits per heavy atom. The highest BCUT2D eigenvalue weighted by molar-refractivity contribution is 5.91. The molecule has 0 bridgehead atoms. The first kappa shape index (κ1) is 17.5. The molecule has 0 aliphatic carbocycles. The first-order valence-electron chi connectivity index (χ1n) is 8.40. The fourth-order valence-electron chi connectivity index (χ4n) is 2.39. The van der Waals surface area contributed by atoms with E-state index in [1.807, 2.05) is 55.5 Å². The molecule has 0 aromatic heterocycles. The minimum Gasteiger partial charge on any atom is -0.490 e. The van der Waals surface area contributed by atoms with Gasteiger partial charge >= 0.3 is 5.97 Å². The molecule has 0 atom stereocenters. The third kappa shape index (κ3) is 5.11. The molecule has 4 heteroatoms. The summed E-state index contributed by atoms with van der Waals surface area (Å²) in [7, 11) is 0. The summed E-state index contributed by atoms with van der Waals surface area (Å²) in [6.07, 6.45) is 0. The van der Waals surface area contributed by atoms with Crippen molar-refractivity contribution in [3.8, 4) is 17.2 Å². The molecular weight excluding hydrogens is 328 g/mol. The Hall–Kier alpha value is -3.27. The second-order valence-corrected chi connectivity index (χ2v) is 5.74. The molecule has 0 heterocycles. The van der Waals surface area contributed by atoms with E-state index in [9.17, 15) is 4.79 Å². The number of ether oxygens (including phenoxy) is 3. The SMILES string of the molecule is Cc1cccc(OC(=O)c2cccc(OCCOc3ccccc3)c2)c1. The van der Waals surface area contributed by atoms with Crippen molar-refractivity contribution in [2.75, 3.05) is 13.2 Å². The van der Waals surface area contributed by atoms with Crippen LogP contribution in [0.4, 0.5) is 0 Å². The molecule has 0 saturated heterocycles. The highest BCUT2D eigenvalue weighted by atomic mass is 16.5. The standard InChI is InChI=1S/C22H20O4/c1-17-7-5-12-21(15-17)26-22(23)18-8-6-11-20(16-18)25-14-13-24-19-9-3-2-4-10-19/h2-12,15-16H,13-14H2,1H3. The van der Waals surface area contributed by atoms with Gasteiger partial charge in [0, 0.05) is 0 Å². The highest BCUT2D eigenvalue weighted by Crippen LogP contribution is 2.18. The molecule has 3 aromatic rings. The average Bonchev–Trinajstić information content (AvgIpc) is 2.66. The molecular formula is C22H20O4. The molecule has 0 fully saturated rings. The molecule has 0 saturated carbocycles. The van der Waals surface area contributed by atoms with Crippen molar-refractivity contribution in [1.29, 1.82) is 0 Å². The van der Waals surface area contributed by atoms with Crippen molar-refractivity contribution < 1.29 is 19.0 Å². The third-order valence-corrected chi connectivity index (χ3v) is 3.63. The quantitative estimate of drug-likeness (QED) is 0.353. The van der Waals surface area contributed by atoms with Gasteiger partial charge in [-0.05, 0) is 55.0 Å². The van der Waals surface area contributed by atoms with E-state index in [4.69, 9.17) is 14.2 Å². The zero-order valence-corrected chi connectivity index (χ0v) is 14.6. The maximum atomic E-state index is 12.3. The number of rotatable bonds is 7. The Morgan fingerprint density at radius 3 is 2.15 bits per heavy atom. The van der Waals surface area contributed by atoms with Crippen LogP contribution in [0, 0.1) is 6.92 Å². The molecule has 0 spiro atoms. The Kier molecular flexibility index (Phi) is 5.88. The van der Waals surface area contributed by atoms with E-state index < -0.39 is 5.97 Å². The number of carbonyl (C=O) groups is 1. The van der Waals surface area contributed by atoms with Gasteiger partial charge < -0.3 is 14.2 Å². The summed E-state index contributed by atoms with van der Waals surface area (Å²) in [6, 6.07) is 23.9. The van der Waals surface area contributed by atoms with Crippen molar-refractivity contribution in [3.63, 3.8) is 0 Å². The summed E-state index contributed by atoms with van der Waals surface area (Å²) in [5.74, 6) is 1.51. The molecule has 0 aliphatic heterocycles. The second kappa shape index (κ2) is 8.72. The van der Waals surface area contributed by atoms with E-state index in [2.05, 4.69) is 0 Å². The van der Waals surface area contributed by atoms with Gasteiger partial charge in [0.1, 0.15) is 30.5 Å². The average molecular weight is 348 g/mol. The van der Waals surface area contributed by atoms with E-state index in [0.717, 1.165) is 11.3 Å². The minimum absolute atomic E-state index is 0.380. The maximum Gasteiger partial charge on any atom is 0.343 e. The molecule has 3 rings (SSSR count). The van der Waals surface area contributed by atoms with Gasteiger partial charge in [0.15, 0.2) is 0 Å². The van der Waals surface area contributed by atoms with Crippen LogP contribution in [0.1, 0.15) is 15.9 Å². The largest absolute Gasteiger partial charge is 0.490 e. The molecule has 0 radical (unpaired) electrons. The van der Waals surface area contributed by atoms with Crippen LogP contribution in [0.5, 0.6) is 17.2 Å². The van der Waals surface area contributed by atoms with Gasteiger partial charge in [-0.2, -0.15) is 0 Å². The predicted molar refractivity (Wildman–Crippen MR) is 100 cm³/mol. The molecule has 4 nitrogen and oxygen atoms in total. The Bertz CT molecular complexity index is 859. The van der Waals surface area contributed by atoms with Gasteiger partial charge in [-0.15, -0.1) is 0 Å². The molecule has 0 aliphatic rings. The first-order chi connectivity index (χ1) is 12.7. The van der Waals surface area contributed by atoms with Crippen LogP contribution in [-0.4, -0.2) is 19.2 Å². The van der Waals surface area contributed by atoms with Gasteiger partial charge in [0.2, 0.25) is 0 Å². The van der Waals surface area contributed by atoms with Crippen molar-refractivity contribution >= 4 is 5.97 Å². The number of carbonyl (C=O) groups excluding carboxylic acids is 1. The number of para-hydroxylation sites is 1. The van der Waals surface area contributed by atoms with Crippen molar-refractivity contribution in [2.24, 2.45) is 0 Å². The fraction of sp³-hybridized carbons (Fsp3) is 0.136. The van der Waals surface area contributed by atoms with E-state index in [-0.39, 0.29) is 0 Å². The van der Waals surface area contributed by atoms with Gasteiger partial charge in [-0.3, -0.25) is 0 Å². The minimum atomic E-state index is -0.415. The summed E-state index contributed by atoms with van der Waals surface area (Å²) in [6.45, 7) is 2.75. The van der Waals surface area contributed by atoms with Crippen LogP contribution in [0.15, 0.2) is 78.9 Å². The molecule has 3 aromatic carbocycles. The van der Waals surface area contributed by atoms with Crippen LogP contribution < -0.4 is 14.2 Å². The lowest BCUT2D eigenvalue weighted by Crippen LogP contribution is -2.11. The van der Waals surface area contributed by atoms with Crippen molar-refractivity contribution in [2.45, 2.75) is 6.92 Å². The van der Waals surface area contributed by atoms with Crippen molar-refractivity contribution in [1.82, 2.24) is 0 Å². The smallest absolute Gasteiger partial charge is 0.343 e. The van der Waals surface area contributed by atoms with E-state index in [1.165, 1.54) is 0 Å². The maximum absolute atomic E-state index is 12.3. The Balaban J connectivity index is 1.53. The topological polar surface area (TPSA) is 44.8 Å². The van der Waals surface area contributed by atoms with Gasteiger partial charge in [-0.1, -0.05) is 36.4 Å². The van der Waals surface area contributed by atoms with Crippen LogP contribution in [0.3, 0.4) is 0 Å². The van der Waals surface area contributed by atoms with E-state index in [1.54, 1.807) is 30.3 Å². The summed E-state index contributed by atoms with van der Waals surface area (Å²) in [5.41, 5.74) is 1.47. The molecule has 0 N–H and O–H groups in total. The Labute approximate surface area is 153 Å². The van der Waals surface area contributed by atoms with E-state index >= 15 is 0 Å². The molecule has 26 heavy (non-hydrogen) atoms. The lowest BCUT2D eigenvalue weighted by atomic mass is 10.2. The van der Waals surface area contributed by atoms with Crippen LogP contribution >= 0.6 is 0 Å². The van der Waals surface area contributed by atoms with Crippen LogP contribution in [0.25, 0.3) is 0 Å². The number of hydrogen-bond acceptors (Lipinski definition) is 4. The zero-order chi connectivity index (χ0) is 18.2. The number of aryl methyl sites for hydroxylation is 1. The predicted octanol–water partition coefficient (Wildman–Crippen LogP) is 4.67. The molecule has 132 valence electrons. The summed E-state index contributed by atoms with van der Waals surface area (Å²) >= 11 is 0. The van der Waals surface area contributed by atoms with Crippen molar-refractivity contribution in [3.05, 3.63) is 90.0 Å². The number of benzene rings is 3. The van der Waals surface area contributed by atoms with Gasteiger partial charge in [0.25, 0.3) is 0 Å². The number of hydrogen-bond donors (Lipinski definition) is 0.